The number of rotatable bonds is 15. The average molecular weight is 585 g/mol. The summed E-state index contributed by atoms with van der Waals surface area (Å²) in [7, 11) is -0.917. The molecule has 3 aliphatic carbocycles. The Morgan fingerprint density at radius 2 is 1.24 bits per heavy atom. The summed E-state index contributed by atoms with van der Waals surface area (Å²) in [5, 5.41) is 12.4. The van der Waals surface area contributed by atoms with Crippen LogP contribution in [0, 0.1) is 0 Å². The number of aliphatic hydroxyl groups excluding tert-OH is 1. The van der Waals surface area contributed by atoms with Gasteiger partial charge < -0.3 is 15.8 Å². The Hall–Kier alpha value is -1.09. The molecule has 1 aromatic rings. The predicted molar refractivity (Wildman–Crippen MR) is 181 cm³/mol. The molecule has 0 radical (unpaired) electrons. The van der Waals surface area contributed by atoms with Crippen LogP contribution in [0.5, 0.6) is 0 Å². The molecule has 4 nitrogen and oxygen atoms in total. The van der Waals surface area contributed by atoms with Gasteiger partial charge in [0.15, 0.2) is 0 Å². The lowest BCUT2D eigenvalue weighted by molar-refractivity contribution is 0.128. The SMILES string of the molecule is C/C=C(/CCCCCCC[P+](C1CCCCC1)(C1CCCCC1)C1CCCCC1)N(N)CC(O)c1ccc(N)cc1. The quantitative estimate of drug-likeness (QED) is 0.0630. The first-order chi connectivity index (χ1) is 20.0. The van der Waals surface area contributed by atoms with E-state index in [1.807, 2.05) is 24.3 Å². The van der Waals surface area contributed by atoms with E-state index < -0.39 is 13.4 Å². The van der Waals surface area contributed by atoms with Crippen LogP contribution >= 0.6 is 7.26 Å². The minimum Gasteiger partial charge on any atom is -0.399 e. The topological polar surface area (TPSA) is 75.5 Å². The van der Waals surface area contributed by atoms with Crippen LogP contribution < -0.4 is 11.6 Å². The van der Waals surface area contributed by atoms with Crippen molar-refractivity contribution in [3.63, 3.8) is 0 Å². The molecule has 1 aromatic carbocycles. The number of nitrogens with two attached hydrogens (primary N) is 2. The van der Waals surface area contributed by atoms with Gasteiger partial charge in [0.05, 0.1) is 35.8 Å². The van der Waals surface area contributed by atoms with Crippen molar-refractivity contribution >= 4 is 12.9 Å². The summed E-state index contributed by atoms with van der Waals surface area (Å²) in [5.41, 5.74) is 11.9. The summed E-state index contributed by atoms with van der Waals surface area (Å²) in [6.45, 7) is 2.47. The zero-order chi connectivity index (χ0) is 28.9. The van der Waals surface area contributed by atoms with Crippen LogP contribution in [-0.2, 0) is 0 Å². The van der Waals surface area contributed by atoms with E-state index in [-0.39, 0.29) is 0 Å². The lowest BCUT2D eigenvalue weighted by Gasteiger charge is -2.49. The molecule has 0 aliphatic heterocycles. The van der Waals surface area contributed by atoms with E-state index in [1.54, 1.807) is 49.7 Å². The molecule has 3 fully saturated rings. The predicted octanol–water partition coefficient (Wildman–Crippen LogP) is 9.74. The molecule has 0 saturated heterocycles. The fourth-order valence-corrected chi connectivity index (χ4v) is 16.6. The third-order valence-electron chi connectivity index (χ3n) is 11.1. The Balaban J connectivity index is 1.25. The Morgan fingerprint density at radius 1 is 0.780 bits per heavy atom. The van der Waals surface area contributed by atoms with Crippen LogP contribution in [0.2, 0.25) is 0 Å². The van der Waals surface area contributed by atoms with Crippen molar-refractivity contribution in [2.24, 2.45) is 5.84 Å². The molecule has 3 aliphatic rings. The van der Waals surface area contributed by atoms with E-state index >= 15 is 0 Å². The molecule has 0 amide bonds. The maximum Gasteiger partial charge on any atom is 0.0980 e. The molecule has 41 heavy (non-hydrogen) atoms. The normalized spacial score (nSPS) is 21.2. The van der Waals surface area contributed by atoms with E-state index in [1.165, 1.54) is 89.9 Å². The number of hydrogen-bond acceptors (Lipinski definition) is 4. The fraction of sp³-hybridized carbons (Fsp3) is 0.778. The van der Waals surface area contributed by atoms with Gasteiger partial charge in [-0.25, -0.2) is 5.84 Å². The van der Waals surface area contributed by atoms with Crippen LogP contribution in [0.1, 0.15) is 153 Å². The maximum atomic E-state index is 10.7. The first-order valence-corrected chi connectivity index (χ1v) is 19.8. The van der Waals surface area contributed by atoms with E-state index in [4.69, 9.17) is 11.6 Å². The van der Waals surface area contributed by atoms with Gasteiger partial charge in [-0.1, -0.05) is 50.3 Å². The highest BCUT2D eigenvalue weighted by atomic mass is 31.2. The van der Waals surface area contributed by atoms with E-state index in [0.717, 1.165) is 34.7 Å². The van der Waals surface area contributed by atoms with Crippen molar-refractivity contribution in [3.05, 3.63) is 41.6 Å². The molecule has 0 bridgehead atoms. The number of anilines is 1. The minimum atomic E-state index is -0.917. The number of benzene rings is 1. The van der Waals surface area contributed by atoms with E-state index in [0.29, 0.717) is 12.2 Å². The number of unbranched alkanes of at least 4 members (excludes halogenated alkanes) is 4. The van der Waals surface area contributed by atoms with Gasteiger partial charge in [0.1, 0.15) is 0 Å². The van der Waals surface area contributed by atoms with Gasteiger partial charge >= 0.3 is 0 Å². The number of hydrogen-bond donors (Lipinski definition) is 3. The second-order valence-electron chi connectivity index (χ2n) is 13.7. The monoisotopic (exact) mass is 584 g/mol. The number of hydrazine groups is 1. The van der Waals surface area contributed by atoms with Gasteiger partial charge in [-0.15, -0.1) is 0 Å². The van der Waals surface area contributed by atoms with Crippen molar-refractivity contribution in [2.45, 2.75) is 165 Å². The number of allylic oxidation sites excluding steroid dienone is 2. The Morgan fingerprint density at radius 3 is 1.73 bits per heavy atom. The van der Waals surface area contributed by atoms with Crippen LogP contribution in [0.4, 0.5) is 5.69 Å². The Labute approximate surface area is 253 Å². The first kappa shape index (κ1) is 32.8. The molecule has 3 saturated carbocycles. The third kappa shape index (κ3) is 9.20. The summed E-state index contributed by atoms with van der Waals surface area (Å²) in [4.78, 5) is 0. The Kier molecular flexibility index (Phi) is 13.8. The zero-order valence-electron chi connectivity index (χ0n) is 26.5. The molecular weight excluding hydrogens is 521 g/mol. The van der Waals surface area contributed by atoms with Gasteiger partial charge in [0, 0.05) is 18.6 Å². The molecule has 5 heteroatoms. The molecule has 0 spiro atoms. The molecule has 1 unspecified atom stereocenters. The van der Waals surface area contributed by atoms with Crippen LogP contribution in [0.15, 0.2) is 36.0 Å². The smallest absolute Gasteiger partial charge is 0.0980 e. The fourth-order valence-electron chi connectivity index (χ4n) is 8.93. The average Bonchev–Trinajstić information content (AvgIpc) is 3.02. The van der Waals surface area contributed by atoms with Gasteiger partial charge in [0.25, 0.3) is 0 Å². The van der Waals surface area contributed by atoms with Gasteiger partial charge in [-0.05, 0) is 127 Å². The van der Waals surface area contributed by atoms with Gasteiger partial charge in [-0.3, -0.25) is 0 Å². The third-order valence-corrected chi connectivity index (χ3v) is 17.9. The summed E-state index contributed by atoms with van der Waals surface area (Å²) >= 11 is 0. The van der Waals surface area contributed by atoms with Gasteiger partial charge in [-0.2, -0.15) is 0 Å². The summed E-state index contributed by atoms with van der Waals surface area (Å²) in [5.74, 6) is 6.40. The van der Waals surface area contributed by atoms with Crippen molar-refractivity contribution in [3.8, 4) is 0 Å². The van der Waals surface area contributed by atoms with Crippen LogP contribution in [0.3, 0.4) is 0 Å². The van der Waals surface area contributed by atoms with Crippen molar-refractivity contribution in [1.29, 1.82) is 0 Å². The van der Waals surface area contributed by atoms with Crippen LogP contribution in [-0.4, -0.2) is 39.8 Å². The number of aliphatic hydroxyl groups is 1. The summed E-state index contributed by atoms with van der Waals surface area (Å²) in [6.07, 6.45) is 34.0. The lowest BCUT2D eigenvalue weighted by Crippen LogP contribution is -2.37. The zero-order valence-corrected chi connectivity index (χ0v) is 27.4. The van der Waals surface area contributed by atoms with Crippen LogP contribution in [0.25, 0.3) is 0 Å². The highest BCUT2D eigenvalue weighted by Gasteiger charge is 2.56. The highest BCUT2D eigenvalue weighted by molar-refractivity contribution is 7.77. The largest absolute Gasteiger partial charge is 0.399 e. The van der Waals surface area contributed by atoms with E-state index in [9.17, 15) is 5.11 Å². The minimum absolute atomic E-state index is 0.402. The van der Waals surface area contributed by atoms with Crippen molar-refractivity contribution in [2.75, 3.05) is 18.4 Å². The Bertz CT molecular complexity index is 839. The number of nitrogens with zero attached hydrogens (tertiary/aromatic N) is 1. The molecular formula is C36H63N3OP+. The first-order valence-electron chi connectivity index (χ1n) is 17.6. The number of nitrogen functional groups attached to an aromatic ring is 1. The second kappa shape index (κ2) is 17.3. The molecule has 0 heterocycles. The second-order valence-corrected chi connectivity index (χ2v) is 18.4. The molecule has 0 aromatic heterocycles. The molecule has 1 atom stereocenters. The summed E-state index contributed by atoms with van der Waals surface area (Å²) in [6, 6.07) is 7.44. The molecule has 4 rings (SSSR count). The van der Waals surface area contributed by atoms with Crippen molar-refractivity contribution in [1.82, 2.24) is 5.01 Å². The maximum absolute atomic E-state index is 10.7. The standard InChI is InChI=1S/C36H63N3OP/c1-2-32(39(38)29-36(40)30-24-26-31(37)27-25-30)17-9-4-3-5-16-28-41(33-18-10-6-11-19-33,34-20-12-7-13-21-34)35-22-14-8-15-23-35/h2,24-27,33-36,40H,3-23,28-29,37-38H2,1H3/q+1/b32-2-. The van der Waals surface area contributed by atoms with E-state index in [2.05, 4.69) is 13.0 Å². The molecule has 5 N–H and O–H groups in total. The van der Waals surface area contributed by atoms with Gasteiger partial charge in [0.2, 0.25) is 0 Å². The lowest BCUT2D eigenvalue weighted by atomic mass is 9.99. The highest BCUT2D eigenvalue weighted by Crippen LogP contribution is 2.77. The van der Waals surface area contributed by atoms with Crippen molar-refractivity contribution < 1.29 is 5.11 Å². The molecule has 232 valence electrons. The summed E-state index contributed by atoms with van der Waals surface area (Å²) < 4.78 is 0.